The third-order valence-corrected chi connectivity index (χ3v) is 4.44. The lowest BCUT2D eigenvalue weighted by Gasteiger charge is -1.97. The molecule has 0 unspecified atom stereocenters. The van der Waals surface area contributed by atoms with Crippen LogP contribution in [0.5, 0.6) is 0 Å². The molecule has 0 spiro atoms. The molecule has 0 N–H and O–H groups in total. The van der Waals surface area contributed by atoms with Crippen LogP contribution in [-0.4, -0.2) is 29.9 Å². The zero-order valence-electron chi connectivity index (χ0n) is 13.8. The van der Waals surface area contributed by atoms with Gasteiger partial charge in [0.05, 0.1) is 16.4 Å². The average Bonchev–Trinajstić information content (AvgIpc) is 3.37. The van der Waals surface area contributed by atoms with Crippen LogP contribution in [0.25, 0.3) is 17.1 Å². The van der Waals surface area contributed by atoms with Crippen LogP contribution >= 0.6 is 11.8 Å². The van der Waals surface area contributed by atoms with Gasteiger partial charge in [-0.15, -0.1) is 15.3 Å². The van der Waals surface area contributed by atoms with Crippen LogP contribution in [0.1, 0.15) is 5.89 Å². The summed E-state index contributed by atoms with van der Waals surface area (Å²) in [6, 6.07) is 15.6. The van der Waals surface area contributed by atoms with E-state index in [0.717, 1.165) is 5.69 Å². The molecule has 9 nitrogen and oxygen atoms in total. The third-order valence-electron chi connectivity index (χ3n) is 3.61. The fourth-order valence-electron chi connectivity index (χ4n) is 2.30. The predicted octanol–water partition coefficient (Wildman–Crippen LogP) is 3.52. The summed E-state index contributed by atoms with van der Waals surface area (Å²) in [6.07, 6.45) is 1.65. The Labute approximate surface area is 157 Å². The van der Waals surface area contributed by atoms with Gasteiger partial charge in [0.15, 0.2) is 0 Å². The predicted molar refractivity (Wildman–Crippen MR) is 97.3 cm³/mol. The molecule has 0 aliphatic rings. The summed E-state index contributed by atoms with van der Waals surface area (Å²) in [5.74, 6) is 1.14. The number of aromatic nitrogens is 5. The van der Waals surface area contributed by atoms with Gasteiger partial charge < -0.3 is 4.42 Å². The van der Waals surface area contributed by atoms with E-state index < -0.39 is 4.92 Å². The van der Waals surface area contributed by atoms with Crippen molar-refractivity contribution in [1.82, 2.24) is 25.0 Å². The highest BCUT2D eigenvalue weighted by molar-refractivity contribution is 7.98. The Balaban J connectivity index is 1.41. The van der Waals surface area contributed by atoms with Crippen molar-refractivity contribution in [2.75, 3.05) is 0 Å². The first kappa shape index (κ1) is 16.9. The number of hydrogen-bond donors (Lipinski definition) is 0. The van der Waals surface area contributed by atoms with Crippen molar-refractivity contribution in [3.05, 3.63) is 76.9 Å². The first-order valence-electron chi connectivity index (χ1n) is 7.86. The zero-order chi connectivity index (χ0) is 18.6. The van der Waals surface area contributed by atoms with Gasteiger partial charge in [0.2, 0.25) is 16.9 Å². The summed E-state index contributed by atoms with van der Waals surface area (Å²) in [4.78, 5) is 14.5. The maximum atomic E-state index is 10.7. The fourth-order valence-corrected chi connectivity index (χ4v) is 2.94. The van der Waals surface area contributed by atoms with Crippen molar-refractivity contribution in [1.29, 1.82) is 0 Å². The van der Waals surface area contributed by atoms with Crippen molar-refractivity contribution < 1.29 is 9.34 Å². The van der Waals surface area contributed by atoms with Crippen molar-refractivity contribution in [3.63, 3.8) is 0 Å². The summed E-state index contributed by atoms with van der Waals surface area (Å²) in [5, 5.41) is 23.7. The molecule has 0 radical (unpaired) electrons. The number of nitro groups is 1. The number of rotatable bonds is 6. The Morgan fingerprint density at radius 1 is 1.07 bits per heavy atom. The highest BCUT2D eigenvalue weighted by Crippen LogP contribution is 2.24. The van der Waals surface area contributed by atoms with Crippen LogP contribution in [0, 0.1) is 10.1 Å². The molecule has 2 heterocycles. The minimum Gasteiger partial charge on any atom is -0.420 e. The topological polar surface area (TPSA) is 113 Å². The Bertz CT molecular complexity index is 1060. The number of nitro benzene ring substituents is 1. The highest BCUT2D eigenvalue weighted by Gasteiger charge is 2.12. The molecular weight excluding hydrogens is 368 g/mol. The van der Waals surface area contributed by atoms with Crippen LogP contribution in [-0.2, 0) is 5.75 Å². The molecule has 4 aromatic rings. The first-order chi connectivity index (χ1) is 13.2. The van der Waals surface area contributed by atoms with E-state index in [1.54, 1.807) is 23.1 Å². The van der Waals surface area contributed by atoms with Gasteiger partial charge in [-0.1, -0.05) is 30.0 Å². The van der Waals surface area contributed by atoms with Gasteiger partial charge in [-0.2, -0.15) is 0 Å². The molecule has 0 saturated carbocycles. The van der Waals surface area contributed by atoms with Crippen LogP contribution in [0.2, 0.25) is 0 Å². The van der Waals surface area contributed by atoms with Crippen molar-refractivity contribution >= 4 is 17.4 Å². The van der Waals surface area contributed by atoms with Gasteiger partial charge in [0.25, 0.3) is 5.69 Å². The lowest BCUT2D eigenvalue weighted by atomic mass is 10.2. The maximum Gasteiger partial charge on any atom is 0.269 e. The molecule has 0 amide bonds. The lowest BCUT2D eigenvalue weighted by Crippen LogP contribution is -1.93. The van der Waals surface area contributed by atoms with E-state index in [1.807, 2.05) is 30.3 Å². The highest BCUT2D eigenvalue weighted by atomic mass is 32.2. The van der Waals surface area contributed by atoms with Crippen LogP contribution in [0.15, 0.2) is 70.5 Å². The van der Waals surface area contributed by atoms with E-state index in [9.17, 15) is 10.1 Å². The molecule has 0 aliphatic carbocycles. The smallest absolute Gasteiger partial charge is 0.269 e. The molecule has 2 aromatic carbocycles. The third kappa shape index (κ3) is 3.85. The van der Waals surface area contributed by atoms with Gasteiger partial charge in [0, 0.05) is 17.7 Å². The largest absolute Gasteiger partial charge is 0.420 e. The molecule has 10 heteroatoms. The molecule has 0 bridgehead atoms. The number of hydrogen-bond acceptors (Lipinski definition) is 8. The Morgan fingerprint density at radius 3 is 2.59 bits per heavy atom. The normalized spacial score (nSPS) is 10.8. The SMILES string of the molecule is O=[N+]([O-])c1ccc(-c2nnc(CSc3ncn(-c4ccccc4)n3)o2)cc1. The van der Waals surface area contributed by atoms with Crippen LogP contribution in [0.4, 0.5) is 5.69 Å². The second kappa shape index (κ2) is 7.38. The van der Waals surface area contributed by atoms with Gasteiger partial charge in [-0.25, -0.2) is 9.67 Å². The van der Waals surface area contributed by atoms with Gasteiger partial charge in [-0.05, 0) is 24.3 Å². The van der Waals surface area contributed by atoms with E-state index in [-0.39, 0.29) is 5.69 Å². The first-order valence-corrected chi connectivity index (χ1v) is 8.85. The molecule has 0 saturated heterocycles. The molecular formula is C17H12N6O3S. The Morgan fingerprint density at radius 2 is 1.85 bits per heavy atom. The lowest BCUT2D eigenvalue weighted by molar-refractivity contribution is -0.384. The standard InChI is InChI=1S/C17H12N6O3S/c24-23(25)14-8-6-12(7-9-14)16-20-19-15(26-16)10-27-17-18-11-22(21-17)13-4-2-1-3-5-13/h1-9,11H,10H2. The summed E-state index contributed by atoms with van der Waals surface area (Å²) in [7, 11) is 0. The number of nitrogens with zero attached hydrogens (tertiary/aromatic N) is 6. The van der Waals surface area contributed by atoms with Crippen molar-refractivity contribution in [2.24, 2.45) is 0 Å². The molecule has 0 aliphatic heterocycles. The molecule has 4 rings (SSSR count). The average molecular weight is 380 g/mol. The van der Waals surface area contributed by atoms with Gasteiger partial charge >= 0.3 is 0 Å². The number of thioether (sulfide) groups is 1. The summed E-state index contributed by atoms with van der Waals surface area (Å²) < 4.78 is 7.30. The molecule has 134 valence electrons. The van der Waals surface area contributed by atoms with Crippen molar-refractivity contribution in [3.8, 4) is 17.1 Å². The molecule has 0 fully saturated rings. The van der Waals surface area contributed by atoms with E-state index in [4.69, 9.17) is 4.42 Å². The summed E-state index contributed by atoms with van der Waals surface area (Å²) >= 11 is 1.38. The quantitative estimate of drug-likeness (QED) is 0.284. The van der Waals surface area contributed by atoms with E-state index in [0.29, 0.717) is 28.3 Å². The van der Waals surface area contributed by atoms with Crippen molar-refractivity contribution in [2.45, 2.75) is 10.9 Å². The number of benzene rings is 2. The van der Waals surface area contributed by atoms with Crippen LogP contribution in [0.3, 0.4) is 0 Å². The summed E-state index contributed by atoms with van der Waals surface area (Å²) in [6.45, 7) is 0. The van der Waals surface area contributed by atoms with Gasteiger partial charge in [0.1, 0.15) is 6.33 Å². The zero-order valence-corrected chi connectivity index (χ0v) is 14.6. The fraction of sp³-hybridized carbons (Fsp3) is 0.0588. The molecule has 27 heavy (non-hydrogen) atoms. The second-order valence-electron chi connectivity index (χ2n) is 5.40. The van der Waals surface area contributed by atoms with E-state index in [2.05, 4.69) is 20.3 Å². The molecule has 2 aromatic heterocycles. The van der Waals surface area contributed by atoms with E-state index in [1.165, 1.54) is 23.9 Å². The van der Waals surface area contributed by atoms with E-state index >= 15 is 0 Å². The Hall–Kier alpha value is -3.53. The number of para-hydroxylation sites is 1. The minimum absolute atomic E-state index is 0.00845. The van der Waals surface area contributed by atoms with Crippen LogP contribution < -0.4 is 0 Å². The summed E-state index contributed by atoms with van der Waals surface area (Å²) in [5.41, 5.74) is 1.56. The molecule has 0 atom stereocenters. The van der Waals surface area contributed by atoms with Gasteiger partial charge in [-0.3, -0.25) is 10.1 Å². The Kier molecular flexibility index (Phi) is 4.62. The minimum atomic E-state index is -0.457. The monoisotopic (exact) mass is 380 g/mol. The second-order valence-corrected chi connectivity index (χ2v) is 6.34. The maximum absolute atomic E-state index is 10.7. The number of non-ortho nitro benzene ring substituents is 1.